The molecule has 0 aromatic rings. The maximum absolute atomic E-state index is 6.63. The molecule has 0 amide bonds. The van der Waals surface area contributed by atoms with Gasteiger partial charge in [-0.2, -0.15) is 0 Å². The van der Waals surface area contributed by atoms with Gasteiger partial charge in [-0.15, -0.1) is 0 Å². The van der Waals surface area contributed by atoms with E-state index >= 15 is 0 Å². The van der Waals surface area contributed by atoms with Gasteiger partial charge in [-0.1, -0.05) is 132 Å². The van der Waals surface area contributed by atoms with Gasteiger partial charge >= 0.3 is 0 Å². The van der Waals surface area contributed by atoms with Crippen LogP contribution in [0.15, 0.2) is 34.4 Å². The monoisotopic (exact) mass is 800 g/mol. The van der Waals surface area contributed by atoms with Crippen molar-refractivity contribution in [2.75, 3.05) is 0 Å². The first-order chi connectivity index (χ1) is 28.9. The van der Waals surface area contributed by atoms with Crippen molar-refractivity contribution < 1.29 is 0 Å². The molecule has 0 aromatic heterocycles. The number of allylic oxidation sites excluding steroid dienone is 5. The van der Waals surface area contributed by atoms with Gasteiger partial charge in [0.1, 0.15) is 0 Å². The number of hydrogen-bond acceptors (Lipinski definition) is 1. The zero-order chi connectivity index (χ0) is 39.7. The Hall–Kier alpha value is -0.820. The average Bonchev–Trinajstić information content (AvgIpc) is 3.77. The van der Waals surface area contributed by atoms with Crippen LogP contribution in [0.3, 0.4) is 0 Å². The van der Waals surface area contributed by atoms with Crippen LogP contribution in [0.1, 0.15) is 188 Å². The lowest BCUT2D eigenvalue weighted by atomic mass is 9.41. The van der Waals surface area contributed by atoms with E-state index in [4.69, 9.17) is 5.73 Å². The first-order valence-electron chi connectivity index (χ1n) is 27.7. The van der Waals surface area contributed by atoms with Gasteiger partial charge in [0, 0.05) is 12.0 Å². The van der Waals surface area contributed by atoms with E-state index in [9.17, 15) is 0 Å². The van der Waals surface area contributed by atoms with Crippen LogP contribution >= 0.6 is 0 Å². The topological polar surface area (TPSA) is 26.0 Å². The van der Waals surface area contributed by atoms with Gasteiger partial charge in [-0.3, -0.25) is 0 Å². The summed E-state index contributed by atoms with van der Waals surface area (Å²) >= 11 is 0. The molecular formula is C58H89N. The summed E-state index contributed by atoms with van der Waals surface area (Å²) in [4.78, 5) is 0. The van der Waals surface area contributed by atoms with Crippen molar-refractivity contribution in [1.82, 2.24) is 0 Å². The predicted molar refractivity (Wildman–Crippen MR) is 246 cm³/mol. The van der Waals surface area contributed by atoms with E-state index in [0.29, 0.717) is 17.8 Å². The van der Waals surface area contributed by atoms with Crippen molar-refractivity contribution in [3.8, 4) is 0 Å². The standard InChI is InChI=1S/C58H89N/c1-32-27-38(39-29-34(3)58(59)35(4)30-39)28-33(2)50(32)44-25-26-47-53-43(44)22-14-24-46(53)56-51(36-15-7-5-8-16-36)49-31-48-41-20-12-11-19-40(41)42-21-13-23-45(54(42)48)55(49)52(57(47)56)37-17-9-6-10-18-37/h27,29,33,35-42,45-58H,5-26,28,30-31,59H2,1-4H3. The molecular weight excluding hydrogens is 711 g/mol. The third-order valence-electron chi connectivity index (χ3n) is 23.5. The molecule has 0 bridgehead atoms. The zero-order valence-electron chi connectivity index (χ0n) is 38.7. The van der Waals surface area contributed by atoms with Gasteiger partial charge in [0.25, 0.3) is 0 Å². The zero-order valence-corrected chi connectivity index (χ0v) is 38.7. The number of rotatable bonds is 4. The van der Waals surface area contributed by atoms with Crippen LogP contribution < -0.4 is 5.73 Å². The largest absolute Gasteiger partial charge is 0.324 e. The van der Waals surface area contributed by atoms with Gasteiger partial charge in [0.2, 0.25) is 0 Å². The van der Waals surface area contributed by atoms with Crippen molar-refractivity contribution in [2.24, 2.45) is 136 Å². The summed E-state index contributed by atoms with van der Waals surface area (Å²) in [5, 5.41) is 0. The minimum absolute atomic E-state index is 0.268. The summed E-state index contributed by atoms with van der Waals surface area (Å²) < 4.78 is 0. The Morgan fingerprint density at radius 2 is 0.983 bits per heavy atom. The highest BCUT2D eigenvalue weighted by molar-refractivity contribution is 5.36. The lowest BCUT2D eigenvalue weighted by Crippen LogP contribution is -2.59. The Morgan fingerprint density at radius 3 is 1.69 bits per heavy atom. The Balaban J connectivity index is 0.944. The Kier molecular flexibility index (Phi) is 10.6. The molecule has 21 atom stereocenters. The second-order valence-corrected chi connectivity index (χ2v) is 25.6. The molecule has 12 aliphatic carbocycles. The quantitative estimate of drug-likeness (QED) is 0.282. The van der Waals surface area contributed by atoms with Crippen LogP contribution in [0, 0.1) is 130 Å². The van der Waals surface area contributed by atoms with Crippen LogP contribution in [0.2, 0.25) is 0 Å². The minimum atomic E-state index is 0.268. The summed E-state index contributed by atoms with van der Waals surface area (Å²) in [6.45, 7) is 10.0. The lowest BCUT2D eigenvalue weighted by molar-refractivity contribution is -0.161. The van der Waals surface area contributed by atoms with Crippen molar-refractivity contribution in [3.05, 3.63) is 34.4 Å². The van der Waals surface area contributed by atoms with Crippen LogP contribution in [0.25, 0.3) is 0 Å². The normalized spacial score (nSPS) is 53.7. The number of nitrogens with two attached hydrogens (primary N) is 1. The van der Waals surface area contributed by atoms with Gasteiger partial charge in [0.05, 0.1) is 0 Å². The molecule has 21 unspecified atom stereocenters. The van der Waals surface area contributed by atoms with Gasteiger partial charge < -0.3 is 5.73 Å². The third kappa shape index (κ3) is 6.23. The highest BCUT2D eigenvalue weighted by atomic mass is 14.7. The predicted octanol–water partition coefficient (Wildman–Crippen LogP) is 15.0. The molecule has 12 aliphatic rings. The summed E-state index contributed by atoms with van der Waals surface area (Å²) in [6.07, 6.45) is 44.5. The molecule has 0 saturated heterocycles. The van der Waals surface area contributed by atoms with E-state index in [0.717, 1.165) is 112 Å². The van der Waals surface area contributed by atoms with Crippen LogP contribution in [0.5, 0.6) is 0 Å². The summed E-state index contributed by atoms with van der Waals surface area (Å²) in [5.41, 5.74) is 14.0. The van der Waals surface area contributed by atoms with Crippen molar-refractivity contribution in [3.63, 3.8) is 0 Å². The third-order valence-corrected chi connectivity index (χ3v) is 23.5. The molecule has 326 valence electrons. The first-order valence-corrected chi connectivity index (χ1v) is 27.7. The molecule has 59 heavy (non-hydrogen) atoms. The minimum Gasteiger partial charge on any atom is -0.324 e. The molecule has 0 aliphatic heterocycles. The molecule has 0 radical (unpaired) electrons. The van der Waals surface area contributed by atoms with E-state index in [-0.39, 0.29) is 6.04 Å². The SMILES string of the molecule is CC1=CC(C2C=C(C)C(C3=C4CCCC5C4C(CC3)C3C(C4CCCCC4)C4C6CCCC7C8CCCCC8C(CC4C(C4CCCCC4)C53)C76)C(C)C2)CC(C)C1N. The first kappa shape index (κ1) is 39.7. The molecule has 9 saturated carbocycles. The van der Waals surface area contributed by atoms with Crippen molar-refractivity contribution in [2.45, 2.75) is 194 Å². The second-order valence-electron chi connectivity index (χ2n) is 25.6. The molecule has 12 rings (SSSR count). The van der Waals surface area contributed by atoms with E-state index in [1.54, 1.807) is 121 Å². The van der Waals surface area contributed by atoms with Gasteiger partial charge in [-0.25, -0.2) is 0 Å². The second kappa shape index (κ2) is 15.7. The van der Waals surface area contributed by atoms with Crippen molar-refractivity contribution >= 4 is 0 Å². The molecule has 0 aromatic carbocycles. The molecule has 1 heteroatoms. The molecule has 0 spiro atoms. The van der Waals surface area contributed by atoms with Gasteiger partial charge in [0.15, 0.2) is 0 Å². The summed E-state index contributed by atoms with van der Waals surface area (Å²) in [5.74, 6) is 22.0. The Morgan fingerprint density at radius 1 is 0.407 bits per heavy atom. The average molecular weight is 800 g/mol. The fraction of sp³-hybridized carbons (Fsp3) is 0.897. The fourth-order valence-corrected chi connectivity index (χ4v) is 22.3. The highest BCUT2D eigenvalue weighted by Crippen LogP contribution is 2.76. The number of fused-ring (bicyclic) bond motifs is 8. The smallest absolute Gasteiger partial charge is 0.0277 e. The molecule has 2 N–H and O–H groups in total. The maximum atomic E-state index is 6.63. The highest BCUT2D eigenvalue weighted by Gasteiger charge is 2.69. The number of hydrogen-bond donors (Lipinski definition) is 1. The van der Waals surface area contributed by atoms with Crippen LogP contribution in [0.4, 0.5) is 0 Å². The van der Waals surface area contributed by atoms with Gasteiger partial charge in [-0.05, 0) is 215 Å². The van der Waals surface area contributed by atoms with E-state index < -0.39 is 0 Å². The van der Waals surface area contributed by atoms with E-state index in [1.807, 2.05) is 5.57 Å². The summed E-state index contributed by atoms with van der Waals surface area (Å²) in [6, 6.07) is 0.268. The molecule has 0 heterocycles. The lowest BCUT2D eigenvalue weighted by Gasteiger charge is -2.64. The Bertz CT molecular complexity index is 1650. The molecule has 1 nitrogen and oxygen atoms in total. The van der Waals surface area contributed by atoms with E-state index in [2.05, 4.69) is 45.4 Å². The fourth-order valence-electron chi connectivity index (χ4n) is 22.3. The molecule has 9 fully saturated rings. The van der Waals surface area contributed by atoms with Crippen LogP contribution in [-0.2, 0) is 0 Å². The van der Waals surface area contributed by atoms with Crippen molar-refractivity contribution in [1.29, 1.82) is 0 Å². The van der Waals surface area contributed by atoms with Crippen LogP contribution in [-0.4, -0.2) is 6.04 Å². The Labute approximate surface area is 363 Å². The summed E-state index contributed by atoms with van der Waals surface area (Å²) in [7, 11) is 0. The van der Waals surface area contributed by atoms with E-state index in [1.165, 1.54) is 50.5 Å². The maximum Gasteiger partial charge on any atom is 0.0277 e.